The molecule has 2 aromatic carbocycles. The minimum Gasteiger partial charge on any atom is -0.360 e. The Morgan fingerprint density at radius 2 is 1.67 bits per heavy atom. The second kappa shape index (κ2) is 7.51. The third kappa shape index (κ3) is 3.51. The van der Waals surface area contributed by atoms with E-state index in [2.05, 4.69) is 29.0 Å². The van der Waals surface area contributed by atoms with Gasteiger partial charge in [0.25, 0.3) is 0 Å². The van der Waals surface area contributed by atoms with Crippen LogP contribution in [0.1, 0.15) is 11.6 Å². The molecule has 1 aliphatic rings. The predicted molar refractivity (Wildman–Crippen MR) is 103 cm³/mol. The van der Waals surface area contributed by atoms with Crippen LogP contribution in [0.4, 0.5) is 5.69 Å². The summed E-state index contributed by atoms with van der Waals surface area (Å²) in [5, 5.41) is 2.02. The number of piperazine rings is 1. The molecule has 0 radical (unpaired) electrons. The van der Waals surface area contributed by atoms with Crippen molar-refractivity contribution < 1.29 is 0 Å². The van der Waals surface area contributed by atoms with Crippen LogP contribution in [0.15, 0.2) is 42.5 Å². The fourth-order valence-electron chi connectivity index (χ4n) is 3.37. The summed E-state index contributed by atoms with van der Waals surface area (Å²) in [6.07, 6.45) is 0. The van der Waals surface area contributed by atoms with Crippen molar-refractivity contribution in [3.63, 3.8) is 0 Å². The van der Waals surface area contributed by atoms with E-state index in [1.165, 1.54) is 5.56 Å². The molecule has 1 saturated heterocycles. The first-order valence-corrected chi connectivity index (χ1v) is 9.02. The van der Waals surface area contributed by atoms with Crippen LogP contribution in [-0.2, 0) is 0 Å². The van der Waals surface area contributed by atoms with Crippen LogP contribution in [0.2, 0.25) is 15.1 Å². The van der Waals surface area contributed by atoms with Gasteiger partial charge in [0.05, 0.1) is 16.8 Å². The van der Waals surface area contributed by atoms with Crippen LogP contribution in [-0.4, -0.2) is 37.6 Å². The summed E-state index contributed by atoms with van der Waals surface area (Å²) in [4.78, 5) is 4.62. The number of anilines is 1. The van der Waals surface area contributed by atoms with E-state index in [1.54, 1.807) is 6.07 Å². The Morgan fingerprint density at radius 3 is 2.29 bits per heavy atom. The quantitative estimate of drug-likeness (QED) is 0.847. The minimum absolute atomic E-state index is 0.102. The Bertz CT molecular complexity index is 705. The lowest BCUT2D eigenvalue weighted by Crippen LogP contribution is -2.56. The lowest BCUT2D eigenvalue weighted by atomic mass is 9.93. The zero-order valence-corrected chi connectivity index (χ0v) is 15.7. The zero-order chi connectivity index (χ0) is 17.3. The summed E-state index contributed by atoms with van der Waals surface area (Å²) in [5.41, 5.74) is 8.26. The monoisotopic (exact) mass is 383 g/mol. The second-order valence-corrected chi connectivity index (χ2v) is 7.35. The van der Waals surface area contributed by atoms with Gasteiger partial charge in [-0.1, -0.05) is 46.9 Å². The molecule has 24 heavy (non-hydrogen) atoms. The third-order valence-electron chi connectivity index (χ3n) is 4.63. The first-order chi connectivity index (χ1) is 11.5. The van der Waals surface area contributed by atoms with Crippen molar-refractivity contribution in [2.24, 2.45) is 5.73 Å². The van der Waals surface area contributed by atoms with Gasteiger partial charge in [-0.3, -0.25) is 4.90 Å². The van der Waals surface area contributed by atoms with Gasteiger partial charge in [0, 0.05) is 35.7 Å². The summed E-state index contributed by atoms with van der Waals surface area (Å²) in [6, 6.07) is 13.9. The van der Waals surface area contributed by atoms with E-state index < -0.39 is 0 Å². The molecule has 3 rings (SSSR count). The van der Waals surface area contributed by atoms with E-state index in [-0.39, 0.29) is 12.1 Å². The maximum Gasteiger partial charge on any atom is 0.0711 e. The van der Waals surface area contributed by atoms with Crippen molar-refractivity contribution >= 4 is 40.5 Å². The van der Waals surface area contributed by atoms with Gasteiger partial charge in [-0.15, -0.1) is 0 Å². The number of likely N-dealkylation sites (N-methyl/N-ethyl adjacent to an activating group) is 1. The third-order valence-corrected chi connectivity index (χ3v) is 5.42. The molecule has 1 heterocycles. The molecule has 0 aromatic heterocycles. The van der Waals surface area contributed by atoms with Crippen LogP contribution >= 0.6 is 34.8 Å². The fourth-order valence-corrected chi connectivity index (χ4v) is 4.02. The van der Waals surface area contributed by atoms with E-state index in [9.17, 15) is 0 Å². The molecule has 2 unspecified atom stereocenters. The normalized spacial score (nSPS) is 22.0. The van der Waals surface area contributed by atoms with Gasteiger partial charge in [0.2, 0.25) is 0 Å². The van der Waals surface area contributed by atoms with E-state index in [0.29, 0.717) is 16.6 Å². The first kappa shape index (κ1) is 17.8. The van der Waals surface area contributed by atoms with Crippen LogP contribution in [0.25, 0.3) is 0 Å². The summed E-state index contributed by atoms with van der Waals surface area (Å²) >= 11 is 18.6. The summed E-state index contributed by atoms with van der Waals surface area (Å²) in [6.45, 7) is 2.35. The molecule has 1 aliphatic heterocycles. The molecule has 6 heteroatoms. The summed E-state index contributed by atoms with van der Waals surface area (Å²) in [7, 11) is 2.11. The van der Waals surface area contributed by atoms with Gasteiger partial charge in [0.15, 0.2) is 0 Å². The van der Waals surface area contributed by atoms with Gasteiger partial charge >= 0.3 is 0 Å². The minimum atomic E-state index is 0.102. The number of hydrogen-bond acceptors (Lipinski definition) is 3. The molecule has 0 spiro atoms. The molecule has 2 aromatic rings. The second-order valence-electron chi connectivity index (χ2n) is 6.07. The Hall–Kier alpha value is -0.970. The maximum atomic E-state index is 6.48. The highest BCUT2D eigenvalue weighted by atomic mass is 35.5. The number of halogens is 3. The molecule has 0 saturated carbocycles. The van der Waals surface area contributed by atoms with Crippen LogP contribution in [0.5, 0.6) is 0 Å². The van der Waals surface area contributed by atoms with E-state index in [0.717, 1.165) is 23.8 Å². The van der Waals surface area contributed by atoms with Crippen molar-refractivity contribution in [3.8, 4) is 0 Å². The van der Waals surface area contributed by atoms with Crippen LogP contribution in [0, 0.1) is 0 Å². The smallest absolute Gasteiger partial charge is 0.0711 e. The van der Waals surface area contributed by atoms with Crippen molar-refractivity contribution in [2.75, 3.05) is 31.6 Å². The Morgan fingerprint density at radius 1 is 1.00 bits per heavy atom. The highest BCUT2D eigenvalue weighted by Crippen LogP contribution is 2.38. The van der Waals surface area contributed by atoms with E-state index >= 15 is 0 Å². The lowest BCUT2D eigenvalue weighted by Gasteiger charge is -2.47. The average Bonchev–Trinajstić information content (AvgIpc) is 2.56. The lowest BCUT2D eigenvalue weighted by molar-refractivity contribution is 0.179. The largest absolute Gasteiger partial charge is 0.360 e. The molecule has 0 bridgehead atoms. The SMILES string of the molecule is CN1CCN(c2ccc(Cl)cc2Cl)C(c2ccc(Cl)cc2)C1CN. The number of nitrogens with two attached hydrogens (primary N) is 1. The number of rotatable bonds is 3. The predicted octanol–water partition coefficient (Wildman–Crippen LogP) is 4.47. The molecule has 3 nitrogen and oxygen atoms in total. The fraction of sp³-hybridized carbons (Fsp3) is 0.333. The molecule has 128 valence electrons. The van der Waals surface area contributed by atoms with Crippen molar-refractivity contribution in [2.45, 2.75) is 12.1 Å². The van der Waals surface area contributed by atoms with Crippen molar-refractivity contribution in [1.82, 2.24) is 4.90 Å². The molecular weight excluding hydrogens is 365 g/mol. The van der Waals surface area contributed by atoms with Crippen molar-refractivity contribution in [1.29, 1.82) is 0 Å². The van der Waals surface area contributed by atoms with Gasteiger partial charge < -0.3 is 10.6 Å². The van der Waals surface area contributed by atoms with E-state index in [1.807, 2.05) is 24.3 Å². The van der Waals surface area contributed by atoms with Crippen LogP contribution in [0.3, 0.4) is 0 Å². The van der Waals surface area contributed by atoms with E-state index in [4.69, 9.17) is 40.5 Å². The highest BCUT2D eigenvalue weighted by molar-refractivity contribution is 6.36. The van der Waals surface area contributed by atoms with Crippen molar-refractivity contribution in [3.05, 3.63) is 63.1 Å². The molecule has 2 atom stereocenters. The van der Waals surface area contributed by atoms with Crippen LogP contribution < -0.4 is 10.6 Å². The molecule has 1 fully saturated rings. The number of benzene rings is 2. The summed E-state index contributed by atoms with van der Waals surface area (Å²) < 4.78 is 0. The zero-order valence-electron chi connectivity index (χ0n) is 13.4. The summed E-state index contributed by atoms with van der Waals surface area (Å²) in [5.74, 6) is 0. The van der Waals surface area contributed by atoms with Gasteiger partial charge in [0.1, 0.15) is 0 Å². The maximum absolute atomic E-state index is 6.48. The number of nitrogens with zero attached hydrogens (tertiary/aromatic N) is 2. The Kier molecular flexibility index (Phi) is 5.58. The molecule has 2 N–H and O–H groups in total. The van der Waals surface area contributed by atoms with Gasteiger partial charge in [-0.2, -0.15) is 0 Å². The standard InChI is InChI=1S/C18H20Cl3N3/c1-23-8-9-24(16-7-6-14(20)10-15(16)21)18(17(23)11-22)12-2-4-13(19)5-3-12/h2-7,10,17-18H,8-9,11,22H2,1H3. The number of hydrogen-bond donors (Lipinski definition) is 1. The Labute approximate surface area is 157 Å². The molecule has 0 amide bonds. The topological polar surface area (TPSA) is 32.5 Å². The van der Waals surface area contributed by atoms with Gasteiger partial charge in [-0.25, -0.2) is 0 Å². The van der Waals surface area contributed by atoms with Gasteiger partial charge in [-0.05, 0) is 42.9 Å². The molecule has 0 aliphatic carbocycles. The molecular formula is C18H20Cl3N3. The average molecular weight is 385 g/mol. The Balaban J connectivity index is 2.06. The highest BCUT2D eigenvalue weighted by Gasteiger charge is 2.36. The first-order valence-electron chi connectivity index (χ1n) is 7.88.